The summed E-state index contributed by atoms with van der Waals surface area (Å²) in [4.78, 5) is 61.4. The van der Waals surface area contributed by atoms with Crippen molar-refractivity contribution in [3.63, 3.8) is 0 Å². The Morgan fingerprint density at radius 1 is 0.984 bits per heavy atom. The maximum atomic E-state index is 14.6. The SMILES string of the molecule is CCOc1cc(O[C@@H]2C[C@@H](C(=O)C[C@]3(C(=O)NS(=O)(=O)OC4CC4)C[C@H]3CC)N(C(=O)[C@@H](CC(=O)OC(C)(C)C(F)(F)F)C(C)(C)C)C2)c2cccc(Cl)c2n1.NS(=O)(=O)OC1CC1. The first-order valence-corrected chi connectivity index (χ1v) is 24.2. The number of nitrogens with one attached hydrogen (secondary N) is 1. The number of carbonyl (C=O) groups excluding carboxylic acids is 4. The van der Waals surface area contributed by atoms with Crippen LogP contribution in [0.15, 0.2) is 24.3 Å². The van der Waals surface area contributed by atoms with Crippen molar-refractivity contribution in [2.75, 3.05) is 13.2 Å². The largest absolute Gasteiger partial charge is 0.488 e. The molecule has 0 bridgehead atoms. The minimum atomic E-state index is -4.88. The highest BCUT2D eigenvalue weighted by Crippen LogP contribution is 2.58. The van der Waals surface area contributed by atoms with Crippen molar-refractivity contribution < 1.29 is 71.8 Å². The zero-order chi connectivity index (χ0) is 47.8. The van der Waals surface area contributed by atoms with Crippen molar-refractivity contribution in [1.82, 2.24) is 14.6 Å². The molecule has 0 spiro atoms. The fourth-order valence-electron chi connectivity index (χ4n) is 7.46. The number of hydrogen-bond donors (Lipinski definition) is 2. The average Bonchev–Trinajstić information content (AvgIpc) is 4.10. The highest BCUT2D eigenvalue weighted by atomic mass is 35.5. The number of fused-ring (bicyclic) bond motifs is 1. The van der Waals surface area contributed by atoms with Crippen molar-refractivity contribution in [2.45, 2.75) is 142 Å². The second-order valence-electron chi connectivity index (χ2n) is 18.2. The molecule has 3 saturated carbocycles. The van der Waals surface area contributed by atoms with E-state index in [0.29, 0.717) is 54.8 Å². The Hall–Kier alpha value is -3.83. The third-order valence-corrected chi connectivity index (χ3v) is 13.3. The van der Waals surface area contributed by atoms with Crippen LogP contribution in [0.1, 0.15) is 106 Å². The smallest absolute Gasteiger partial charge is 0.427 e. The number of para-hydroxylation sites is 1. The number of benzene rings is 1. The van der Waals surface area contributed by atoms with E-state index in [1.807, 2.05) is 11.6 Å². The summed E-state index contributed by atoms with van der Waals surface area (Å²) >= 11 is 6.47. The number of esters is 1. The predicted octanol–water partition coefficient (Wildman–Crippen LogP) is 5.86. The van der Waals surface area contributed by atoms with Crippen LogP contribution in [0, 0.1) is 22.7 Å². The monoisotopic (exact) mass is 968 g/mol. The molecule has 358 valence electrons. The number of aromatic nitrogens is 1. The van der Waals surface area contributed by atoms with Gasteiger partial charge in [-0.05, 0) is 76.3 Å². The van der Waals surface area contributed by atoms with Crippen LogP contribution in [0.5, 0.6) is 11.6 Å². The van der Waals surface area contributed by atoms with Crippen LogP contribution in [0.25, 0.3) is 10.9 Å². The highest BCUT2D eigenvalue weighted by molar-refractivity contribution is 7.85. The van der Waals surface area contributed by atoms with E-state index in [4.69, 9.17) is 30.0 Å². The quantitative estimate of drug-likeness (QED) is 0.167. The molecule has 0 unspecified atom stereocenters. The summed E-state index contributed by atoms with van der Waals surface area (Å²) in [6.07, 6.45) is -4.18. The van der Waals surface area contributed by atoms with Gasteiger partial charge >= 0.3 is 32.8 Å². The normalized spacial score (nSPS) is 23.1. The number of halogens is 4. The maximum absolute atomic E-state index is 14.6. The van der Waals surface area contributed by atoms with E-state index in [1.54, 1.807) is 52.0 Å². The minimum Gasteiger partial charge on any atom is -0.488 e. The second kappa shape index (κ2) is 19.2. The molecule has 3 N–H and O–H groups in total. The van der Waals surface area contributed by atoms with Crippen molar-refractivity contribution >= 4 is 66.7 Å². The second-order valence-corrected chi connectivity index (χ2v) is 21.1. The summed E-state index contributed by atoms with van der Waals surface area (Å²) in [5.41, 5.74) is -4.84. The molecule has 4 aliphatic rings. The van der Waals surface area contributed by atoms with E-state index in [2.05, 4.69) is 14.3 Å². The van der Waals surface area contributed by atoms with Gasteiger partial charge in [0.15, 0.2) is 5.78 Å². The molecule has 6 rings (SSSR count). The summed E-state index contributed by atoms with van der Waals surface area (Å²) in [6, 6.07) is 5.41. The van der Waals surface area contributed by atoms with E-state index >= 15 is 0 Å². The van der Waals surface area contributed by atoms with Gasteiger partial charge in [0.25, 0.3) is 0 Å². The topological polar surface area (TPSA) is 237 Å². The van der Waals surface area contributed by atoms with Crippen LogP contribution in [-0.4, -0.2) is 99.6 Å². The molecule has 5 atom stereocenters. The van der Waals surface area contributed by atoms with Crippen molar-refractivity contribution in [2.24, 2.45) is 27.8 Å². The Morgan fingerprint density at radius 3 is 2.12 bits per heavy atom. The lowest BCUT2D eigenvalue weighted by Crippen LogP contribution is -2.49. The zero-order valence-corrected chi connectivity index (χ0v) is 39.0. The molecule has 1 saturated heterocycles. The summed E-state index contributed by atoms with van der Waals surface area (Å²) in [6.45, 7) is 10.0. The molecular weight excluding hydrogens is 913 g/mol. The van der Waals surface area contributed by atoms with Crippen LogP contribution in [0.2, 0.25) is 5.02 Å². The standard InChI is InChI=1S/C38H49ClF3N3O10S.C3H7NO3S/c1-8-21-18-37(21,34(49)44-56(50,51)55-22-13-14-22)19-28(46)27-15-23(53-29-17-30(52-9-2)43-32-24(29)11-10-12-26(32)39)20-45(27)33(48)25(35(3,4)5)16-31(47)54-36(6,7)38(40,41)42;4-8(5,6)7-3-1-2-3/h10-12,17,21-23,25,27H,8-9,13-16,18-20H2,1-7H3,(H,44,49);3H,1-2H2,(H2,4,5,6)/t21-,23-,25-,27+,37-;/m1./s1. The predicted molar refractivity (Wildman–Crippen MR) is 225 cm³/mol. The van der Waals surface area contributed by atoms with Crippen LogP contribution >= 0.6 is 11.6 Å². The van der Waals surface area contributed by atoms with E-state index in [0.717, 1.165) is 12.8 Å². The number of amides is 2. The van der Waals surface area contributed by atoms with Gasteiger partial charge in [0.05, 0.1) is 59.7 Å². The van der Waals surface area contributed by atoms with Gasteiger partial charge in [-0.3, -0.25) is 27.5 Å². The number of Topliss-reactive ketones (excluding diaryl/α,β-unsaturated/α-hetero) is 1. The number of likely N-dealkylation sites (tertiary alicyclic amines) is 1. The highest BCUT2D eigenvalue weighted by Gasteiger charge is 2.62. The Morgan fingerprint density at radius 2 is 1.61 bits per heavy atom. The van der Waals surface area contributed by atoms with Crippen molar-refractivity contribution in [3.05, 3.63) is 29.3 Å². The van der Waals surface area contributed by atoms with E-state index in [1.165, 1.54) is 4.90 Å². The average molecular weight is 969 g/mol. The molecule has 4 fully saturated rings. The molecule has 2 heterocycles. The molecule has 0 radical (unpaired) electrons. The van der Waals surface area contributed by atoms with Crippen molar-refractivity contribution in [1.29, 1.82) is 0 Å². The number of nitrogens with two attached hydrogens (primary N) is 1. The van der Waals surface area contributed by atoms with E-state index in [9.17, 15) is 49.2 Å². The fourth-order valence-corrected chi connectivity index (χ4v) is 9.28. The van der Waals surface area contributed by atoms with Gasteiger partial charge in [0.2, 0.25) is 23.3 Å². The molecule has 17 nitrogen and oxygen atoms in total. The van der Waals surface area contributed by atoms with Gasteiger partial charge in [-0.25, -0.2) is 14.8 Å². The Kier molecular flexibility index (Phi) is 15.3. The molecular formula is C41H56ClF3N4O13S2. The van der Waals surface area contributed by atoms with Gasteiger partial charge in [-0.1, -0.05) is 51.8 Å². The Balaban J connectivity index is 0.000000866. The third kappa shape index (κ3) is 13.2. The Bertz CT molecular complexity index is 2320. The van der Waals surface area contributed by atoms with Crippen LogP contribution in [0.3, 0.4) is 0 Å². The van der Waals surface area contributed by atoms with E-state index < -0.39 is 104 Å². The zero-order valence-electron chi connectivity index (χ0n) is 36.7. The molecule has 64 heavy (non-hydrogen) atoms. The van der Waals surface area contributed by atoms with E-state index in [-0.39, 0.29) is 43.9 Å². The van der Waals surface area contributed by atoms with Gasteiger partial charge in [-0.2, -0.15) is 30.0 Å². The minimum absolute atomic E-state index is 0.0705. The summed E-state index contributed by atoms with van der Waals surface area (Å²) in [5, 5.41) is 5.37. The Labute approximate surface area is 376 Å². The lowest BCUT2D eigenvalue weighted by Gasteiger charge is -2.35. The summed E-state index contributed by atoms with van der Waals surface area (Å²) < 4.78 is 114. The van der Waals surface area contributed by atoms with Gasteiger partial charge in [-0.15, -0.1) is 0 Å². The van der Waals surface area contributed by atoms with Gasteiger partial charge in [0, 0.05) is 24.3 Å². The first kappa shape index (κ1) is 51.2. The number of ether oxygens (including phenoxy) is 3. The fraction of sp³-hybridized carbons (Fsp3) is 0.683. The molecule has 23 heteroatoms. The van der Waals surface area contributed by atoms with Crippen LogP contribution < -0.4 is 19.3 Å². The molecule has 1 aromatic heterocycles. The number of ketones is 1. The van der Waals surface area contributed by atoms with Gasteiger partial charge in [0.1, 0.15) is 11.9 Å². The first-order chi connectivity index (χ1) is 29.5. The lowest BCUT2D eigenvalue weighted by molar-refractivity contribution is -0.257. The molecule has 1 aliphatic heterocycles. The van der Waals surface area contributed by atoms with Crippen LogP contribution in [-0.2, 0) is 52.9 Å². The third-order valence-electron chi connectivity index (χ3n) is 11.5. The number of rotatable bonds is 18. The summed E-state index contributed by atoms with van der Waals surface area (Å²) in [5.74, 6) is -4.47. The molecule has 2 aromatic rings. The molecule has 3 aliphatic carbocycles. The number of nitrogens with zero attached hydrogens (tertiary/aromatic N) is 2. The lowest BCUT2D eigenvalue weighted by atomic mass is 9.77. The number of carbonyl (C=O) groups is 4. The molecule has 2 amide bonds. The number of alkyl halides is 3. The molecule has 1 aromatic carbocycles. The summed E-state index contributed by atoms with van der Waals surface area (Å²) in [7, 11) is -8.10. The van der Waals surface area contributed by atoms with Crippen LogP contribution in [0.4, 0.5) is 13.2 Å². The number of hydrogen-bond acceptors (Lipinski definition) is 14. The maximum Gasteiger partial charge on any atom is 0.427 e. The van der Waals surface area contributed by atoms with Crippen molar-refractivity contribution in [3.8, 4) is 11.6 Å². The van der Waals surface area contributed by atoms with Gasteiger partial charge < -0.3 is 19.1 Å². The number of pyridine rings is 1. The first-order valence-electron chi connectivity index (χ1n) is 21.0.